The summed E-state index contributed by atoms with van der Waals surface area (Å²) in [5, 5.41) is 2.69. The molecular weight excluding hydrogens is 246 g/mol. The van der Waals surface area contributed by atoms with E-state index in [4.69, 9.17) is 4.74 Å². The Bertz CT molecular complexity index is 446. The monoisotopic (exact) mass is 263 g/mol. The molecule has 1 saturated carbocycles. The molecular formula is C14H17NO4. The summed E-state index contributed by atoms with van der Waals surface area (Å²) < 4.78 is 9.76. The highest BCUT2D eigenvalue weighted by atomic mass is 16.5. The van der Waals surface area contributed by atoms with E-state index in [0.717, 1.165) is 18.4 Å². The van der Waals surface area contributed by atoms with E-state index in [-0.39, 0.29) is 24.5 Å². The molecule has 1 N–H and O–H groups in total. The van der Waals surface area contributed by atoms with Gasteiger partial charge in [0, 0.05) is 6.04 Å². The lowest BCUT2D eigenvalue weighted by molar-refractivity contribution is -0.149. The molecule has 1 fully saturated rings. The van der Waals surface area contributed by atoms with Crippen molar-refractivity contribution in [2.24, 2.45) is 5.92 Å². The number of esters is 1. The molecule has 0 aromatic heterocycles. The van der Waals surface area contributed by atoms with Gasteiger partial charge in [-0.3, -0.25) is 4.79 Å². The van der Waals surface area contributed by atoms with Crippen LogP contribution in [0.2, 0.25) is 0 Å². The highest BCUT2D eigenvalue weighted by molar-refractivity contribution is 5.76. The first-order valence-corrected chi connectivity index (χ1v) is 6.25. The van der Waals surface area contributed by atoms with E-state index >= 15 is 0 Å². The first kappa shape index (κ1) is 13.4. The maximum Gasteiger partial charge on any atom is 0.407 e. The number of hydrogen-bond acceptors (Lipinski definition) is 4. The second kappa shape index (κ2) is 6.22. The van der Waals surface area contributed by atoms with E-state index in [1.54, 1.807) is 0 Å². The van der Waals surface area contributed by atoms with Crippen molar-refractivity contribution in [3.8, 4) is 0 Å². The third-order valence-corrected chi connectivity index (χ3v) is 3.29. The average Bonchev–Trinajstić information content (AvgIpc) is 2.42. The summed E-state index contributed by atoms with van der Waals surface area (Å²) >= 11 is 0. The second-order valence-electron chi connectivity index (χ2n) is 4.52. The maximum atomic E-state index is 11.6. The van der Waals surface area contributed by atoms with Crippen LogP contribution in [-0.4, -0.2) is 25.2 Å². The topological polar surface area (TPSA) is 64.6 Å². The molecule has 0 spiro atoms. The van der Waals surface area contributed by atoms with Crippen LogP contribution in [0.4, 0.5) is 4.79 Å². The molecule has 1 aromatic rings. The lowest BCUT2D eigenvalue weighted by Crippen LogP contribution is -2.50. The van der Waals surface area contributed by atoms with Crippen molar-refractivity contribution in [3.05, 3.63) is 35.9 Å². The maximum absolute atomic E-state index is 11.6. The highest BCUT2D eigenvalue weighted by Gasteiger charge is 2.38. The van der Waals surface area contributed by atoms with E-state index in [1.165, 1.54) is 7.11 Å². The number of rotatable bonds is 4. The van der Waals surface area contributed by atoms with E-state index in [9.17, 15) is 9.59 Å². The van der Waals surface area contributed by atoms with Gasteiger partial charge in [-0.25, -0.2) is 4.79 Å². The summed E-state index contributed by atoms with van der Waals surface area (Å²) in [5.74, 6) is -0.520. The van der Waals surface area contributed by atoms with Gasteiger partial charge in [0.05, 0.1) is 13.0 Å². The van der Waals surface area contributed by atoms with Gasteiger partial charge in [-0.05, 0) is 18.4 Å². The van der Waals surface area contributed by atoms with E-state index in [1.807, 2.05) is 30.3 Å². The van der Waals surface area contributed by atoms with Crippen LogP contribution in [0.3, 0.4) is 0 Å². The van der Waals surface area contributed by atoms with E-state index in [2.05, 4.69) is 10.1 Å². The molecule has 102 valence electrons. The van der Waals surface area contributed by atoms with Crippen LogP contribution in [0.5, 0.6) is 0 Å². The van der Waals surface area contributed by atoms with Crippen LogP contribution in [0, 0.1) is 5.92 Å². The molecule has 2 atom stereocenters. The molecule has 0 radical (unpaired) electrons. The summed E-state index contributed by atoms with van der Waals surface area (Å²) in [6.45, 7) is 0.224. The molecule has 0 aliphatic heterocycles. The minimum absolute atomic E-state index is 0.171. The summed E-state index contributed by atoms with van der Waals surface area (Å²) in [4.78, 5) is 22.9. The van der Waals surface area contributed by atoms with Crippen molar-refractivity contribution in [3.63, 3.8) is 0 Å². The summed E-state index contributed by atoms with van der Waals surface area (Å²) in [6, 6.07) is 9.27. The van der Waals surface area contributed by atoms with Crippen molar-refractivity contribution in [1.29, 1.82) is 0 Å². The van der Waals surface area contributed by atoms with Gasteiger partial charge >= 0.3 is 12.1 Å². The first-order valence-electron chi connectivity index (χ1n) is 6.25. The SMILES string of the molecule is COC(=O)[C@H]1CC[C@@H]1NC(=O)OCc1ccccc1. The Balaban J connectivity index is 1.74. The van der Waals surface area contributed by atoms with Gasteiger partial charge in [0.1, 0.15) is 6.61 Å². The van der Waals surface area contributed by atoms with Crippen LogP contribution in [0.15, 0.2) is 30.3 Å². The normalized spacial score (nSPS) is 21.1. The Labute approximate surface area is 111 Å². The van der Waals surface area contributed by atoms with Crippen molar-refractivity contribution in [2.45, 2.75) is 25.5 Å². The highest BCUT2D eigenvalue weighted by Crippen LogP contribution is 2.28. The molecule has 0 bridgehead atoms. The lowest BCUT2D eigenvalue weighted by atomic mass is 9.80. The number of ether oxygens (including phenoxy) is 2. The summed E-state index contributed by atoms with van der Waals surface area (Å²) in [6.07, 6.45) is 1.03. The Morgan fingerprint density at radius 2 is 2.00 bits per heavy atom. The fourth-order valence-electron chi connectivity index (χ4n) is 2.02. The minimum Gasteiger partial charge on any atom is -0.469 e. The zero-order valence-electron chi connectivity index (χ0n) is 10.8. The predicted molar refractivity (Wildman–Crippen MR) is 68.3 cm³/mol. The molecule has 5 heteroatoms. The molecule has 1 aliphatic rings. The Morgan fingerprint density at radius 3 is 2.58 bits per heavy atom. The quantitative estimate of drug-likeness (QED) is 0.842. The molecule has 1 aromatic carbocycles. The van der Waals surface area contributed by atoms with Gasteiger partial charge in [0.25, 0.3) is 0 Å². The predicted octanol–water partition coefficient (Wildman–Crippen LogP) is 1.86. The number of nitrogens with one attached hydrogen (secondary N) is 1. The number of amides is 1. The van der Waals surface area contributed by atoms with Crippen molar-refractivity contribution in [2.75, 3.05) is 7.11 Å². The number of hydrogen-bond donors (Lipinski definition) is 1. The number of carbonyl (C=O) groups is 2. The van der Waals surface area contributed by atoms with Crippen LogP contribution in [0.25, 0.3) is 0 Å². The molecule has 19 heavy (non-hydrogen) atoms. The van der Waals surface area contributed by atoms with Crippen molar-refractivity contribution < 1.29 is 19.1 Å². The lowest BCUT2D eigenvalue weighted by Gasteiger charge is -2.34. The van der Waals surface area contributed by atoms with Crippen LogP contribution >= 0.6 is 0 Å². The standard InChI is InChI=1S/C14H17NO4/c1-18-13(16)11-7-8-12(11)15-14(17)19-9-10-5-3-2-4-6-10/h2-6,11-12H,7-9H2,1H3,(H,15,17)/t11-,12-/m0/s1. The molecule has 1 amide bonds. The molecule has 1 aliphatic carbocycles. The third kappa shape index (κ3) is 3.47. The van der Waals surface area contributed by atoms with Crippen molar-refractivity contribution in [1.82, 2.24) is 5.32 Å². The summed E-state index contributed by atoms with van der Waals surface area (Å²) in [7, 11) is 1.35. The van der Waals surface area contributed by atoms with Gasteiger partial charge in [-0.2, -0.15) is 0 Å². The average molecular weight is 263 g/mol. The number of carbonyl (C=O) groups excluding carboxylic acids is 2. The number of methoxy groups -OCH3 is 1. The second-order valence-corrected chi connectivity index (χ2v) is 4.52. The van der Waals surface area contributed by atoms with E-state index in [0.29, 0.717) is 0 Å². The zero-order chi connectivity index (χ0) is 13.7. The van der Waals surface area contributed by atoms with Gasteiger partial charge in [0.2, 0.25) is 0 Å². The largest absolute Gasteiger partial charge is 0.469 e. The Morgan fingerprint density at radius 1 is 1.26 bits per heavy atom. The molecule has 5 nitrogen and oxygen atoms in total. The van der Waals surface area contributed by atoms with Gasteiger partial charge in [-0.15, -0.1) is 0 Å². The van der Waals surface area contributed by atoms with Gasteiger partial charge in [-0.1, -0.05) is 30.3 Å². The summed E-state index contributed by atoms with van der Waals surface area (Å²) in [5.41, 5.74) is 0.927. The first-order chi connectivity index (χ1) is 9.20. The van der Waals surface area contributed by atoms with Crippen molar-refractivity contribution >= 4 is 12.1 Å². The van der Waals surface area contributed by atoms with Gasteiger partial charge < -0.3 is 14.8 Å². The minimum atomic E-state index is -0.498. The smallest absolute Gasteiger partial charge is 0.407 e. The molecule has 2 rings (SSSR count). The number of alkyl carbamates (subject to hydrolysis) is 1. The number of benzene rings is 1. The fourth-order valence-corrected chi connectivity index (χ4v) is 2.02. The Kier molecular flexibility index (Phi) is 4.39. The van der Waals surface area contributed by atoms with Crippen LogP contribution < -0.4 is 5.32 Å². The van der Waals surface area contributed by atoms with E-state index < -0.39 is 6.09 Å². The molecule has 0 heterocycles. The van der Waals surface area contributed by atoms with Gasteiger partial charge in [0.15, 0.2) is 0 Å². The van der Waals surface area contributed by atoms with Crippen LogP contribution in [-0.2, 0) is 20.9 Å². The zero-order valence-corrected chi connectivity index (χ0v) is 10.8. The Hall–Kier alpha value is -2.04. The molecule has 0 unspecified atom stereocenters. The van der Waals surface area contributed by atoms with Crippen LogP contribution in [0.1, 0.15) is 18.4 Å². The molecule has 0 saturated heterocycles. The third-order valence-electron chi connectivity index (χ3n) is 3.29. The fraction of sp³-hybridized carbons (Fsp3) is 0.429.